The van der Waals surface area contributed by atoms with E-state index in [0.717, 1.165) is 5.56 Å². The van der Waals surface area contributed by atoms with Crippen LogP contribution in [-0.2, 0) is 17.9 Å². The molecule has 7 nitrogen and oxygen atoms in total. The monoisotopic (exact) mass is 426 g/mol. The average molecular weight is 426 g/mol. The van der Waals surface area contributed by atoms with E-state index in [-0.39, 0.29) is 24.1 Å². The molecule has 0 spiro atoms. The lowest BCUT2D eigenvalue weighted by atomic mass is 10.0. The third kappa shape index (κ3) is 5.07. The predicted octanol–water partition coefficient (Wildman–Crippen LogP) is 3.77. The molecule has 1 N–H and O–H groups in total. The third-order valence-corrected chi connectivity index (χ3v) is 4.94. The Bertz CT molecular complexity index is 1130. The van der Waals surface area contributed by atoms with E-state index >= 15 is 0 Å². The molecule has 4 aromatic rings. The van der Waals surface area contributed by atoms with E-state index in [4.69, 9.17) is 4.42 Å². The van der Waals surface area contributed by atoms with Gasteiger partial charge >= 0.3 is 0 Å². The van der Waals surface area contributed by atoms with Gasteiger partial charge in [0.1, 0.15) is 17.5 Å². The van der Waals surface area contributed by atoms with Crippen LogP contribution >= 0.6 is 0 Å². The Morgan fingerprint density at radius 1 is 0.906 bits per heavy atom. The lowest BCUT2D eigenvalue weighted by Crippen LogP contribution is -2.43. The second-order valence-electron chi connectivity index (χ2n) is 7.11. The second-order valence-corrected chi connectivity index (χ2v) is 7.11. The SMILES string of the molecule is O=C(NCc1ccccc1)C(c1ccncc1)N(Cc1ccco1)C(=O)c1ccccn1. The number of aromatic nitrogens is 2. The average Bonchev–Trinajstić information content (AvgIpc) is 3.37. The molecular formula is C25H22N4O3. The van der Waals surface area contributed by atoms with Gasteiger partial charge < -0.3 is 14.6 Å². The van der Waals surface area contributed by atoms with Crippen molar-refractivity contribution in [1.82, 2.24) is 20.2 Å². The van der Waals surface area contributed by atoms with Gasteiger partial charge in [-0.2, -0.15) is 0 Å². The first-order valence-electron chi connectivity index (χ1n) is 10.2. The molecular weight excluding hydrogens is 404 g/mol. The van der Waals surface area contributed by atoms with E-state index in [9.17, 15) is 9.59 Å². The summed E-state index contributed by atoms with van der Waals surface area (Å²) in [7, 11) is 0. The van der Waals surface area contributed by atoms with Crippen LogP contribution in [0.2, 0.25) is 0 Å². The molecule has 0 aliphatic rings. The van der Waals surface area contributed by atoms with Crippen molar-refractivity contribution in [2.45, 2.75) is 19.1 Å². The number of furan rings is 1. The van der Waals surface area contributed by atoms with E-state index in [1.807, 2.05) is 30.3 Å². The van der Waals surface area contributed by atoms with Gasteiger partial charge in [-0.25, -0.2) is 0 Å². The minimum atomic E-state index is -0.902. The number of pyridine rings is 2. The molecule has 3 heterocycles. The molecule has 32 heavy (non-hydrogen) atoms. The van der Waals surface area contributed by atoms with Gasteiger partial charge in [-0.1, -0.05) is 36.4 Å². The highest BCUT2D eigenvalue weighted by Gasteiger charge is 2.33. The maximum absolute atomic E-state index is 13.5. The van der Waals surface area contributed by atoms with Crippen LogP contribution in [0.15, 0.2) is 102 Å². The van der Waals surface area contributed by atoms with Crippen LogP contribution in [-0.4, -0.2) is 26.7 Å². The number of hydrogen-bond acceptors (Lipinski definition) is 5. The van der Waals surface area contributed by atoms with Crippen molar-refractivity contribution < 1.29 is 14.0 Å². The Hall–Kier alpha value is -4.26. The molecule has 0 saturated carbocycles. The smallest absolute Gasteiger partial charge is 0.273 e. The molecule has 1 aromatic carbocycles. The summed E-state index contributed by atoms with van der Waals surface area (Å²) in [5, 5.41) is 2.96. The maximum atomic E-state index is 13.5. The first-order chi connectivity index (χ1) is 15.7. The minimum absolute atomic E-state index is 0.105. The Labute approximate surface area is 185 Å². The van der Waals surface area contributed by atoms with Gasteiger partial charge in [0.2, 0.25) is 5.91 Å². The highest BCUT2D eigenvalue weighted by atomic mass is 16.3. The van der Waals surface area contributed by atoms with E-state index in [1.54, 1.807) is 61.1 Å². The van der Waals surface area contributed by atoms with Crippen molar-refractivity contribution in [3.8, 4) is 0 Å². The number of carbonyl (C=O) groups excluding carboxylic acids is 2. The van der Waals surface area contributed by atoms with Crippen LogP contribution in [0.4, 0.5) is 0 Å². The van der Waals surface area contributed by atoms with Crippen molar-refractivity contribution in [3.05, 3.63) is 120 Å². The van der Waals surface area contributed by atoms with Gasteiger partial charge in [0.25, 0.3) is 5.91 Å². The molecule has 3 aromatic heterocycles. The number of carbonyl (C=O) groups is 2. The summed E-state index contributed by atoms with van der Waals surface area (Å²) in [6.07, 6.45) is 6.29. The van der Waals surface area contributed by atoms with Crippen LogP contribution < -0.4 is 5.32 Å². The fourth-order valence-corrected chi connectivity index (χ4v) is 3.39. The van der Waals surface area contributed by atoms with Gasteiger partial charge in [0.15, 0.2) is 0 Å². The summed E-state index contributed by atoms with van der Waals surface area (Å²) in [6, 6.07) is 20.8. The summed E-state index contributed by atoms with van der Waals surface area (Å²) in [5.74, 6) is -0.126. The number of amides is 2. The van der Waals surface area contributed by atoms with Crippen molar-refractivity contribution in [2.75, 3.05) is 0 Å². The maximum Gasteiger partial charge on any atom is 0.273 e. The molecule has 0 saturated heterocycles. The summed E-state index contributed by atoms with van der Waals surface area (Å²) < 4.78 is 5.49. The molecule has 1 unspecified atom stereocenters. The molecule has 1 atom stereocenters. The predicted molar refractivity (Wildman–Crippen MR) is 118 cm³/mol. The zero-order valence-electron chi connectivity index (χ0n) is 17.3. The molecule has 0 aliphatic carbocycles. The Kier molecular flexibility index (Phi) is 6.67. The Morgan fingerprint density at radius 3 is 2.38 bits per heavy atom. The Balaban J connectivity index is 1.68. The standard InChI is InChI=1S/C25H22N4O3/c30-24(28-17-19-7-2-1-3-8-19)23(20-11-14-26-15-12-20)29(18-21-9-6-16-32-21)25(31)22-10-4-5-13-27-22/h1-16,23H,17-18H2,(H,28,30). The summed E-state index contributed by atoms with van der Waals surface area (Å²) >= 11 is 0. The molecule has 160 valence electrons. The first-order valence-corrected chi connectivity index (χ1v) is 10.2. The summed E-state index contributed by atoms with van der Waals surface area (Å²) in [5.41, 5.74) is 1.85. The third-order valence-electron chi connectivity index (χ3n) is 4.94. The summed E-state index contributed by atoms with van der Waals surface area (Å²) in [6.45, 7) is 0.446. The van der Waals surface area contributed by atoms with E-state index in [0.29, 0.717) is 17.9 Å². The number of nitrogens with one attached hydrogen (secondary N) is 1. The molecule has 0 radical (unpaired) electrons. The second kappa shape index (κ2) is 10.2. The zero-order valence-corrected chi connectivity index (χ0v) is 17.3. The van der Waals surface area contributed by atoms with Gasteiger partial charge in [0.05, 0.1) is 12.8 Å². The van der Waals surface area contributed by atoms with Gasteiger partial charge in [-0.3, -0.25) is 19.6 Å². The summed E-state index contributed by atoms with van der Waals surface area (Å²) in [4.78, 5) is 36.7. The van der Waals surface area contributed by atoms with Crippen molar-refractivity contribution in [2.24, 2.45) is 0 Å². The van der Waals surface area contributed by atoms with E-state index in [2.05, 4.69) is 15.3 Å². The van der Waals surface area contributed by atoms with Crippen molar-refractivity contribution in [3.63, 3.8) is 0 Å². The molecule has 0 fully saturated rings. The number of nitrogens with zero attached hydrogens (tertiary/aromatic N) is 3. The van der Waals surface area contributed by atoms with Crippen LogP contribution in [0.3, 0.4) is 0 Å². The Morgan fingerprint density at radius 2 is 1.69 bits per heavy atom. The number of rotatable bonds is 8. The van der Waals surface area contributed by atoms with Crippen LogP contribution in [0.1, 0.15) is 33.4 Å². The van der Waals surface area contributed by atoms with Gasteiger partial charge in [-0.05, 0) is 47.5 Å². The first kappa shape index (κ1) is 21.0. The van der Waals surface area contributed by atoms with Crippen LogP contribution in [0, 0.1) is 0 Å². The van der Waals surface area contributed by atoms with E-state index in [1.165, 1.54) is 11.2 Å². The highest BCUT2D eigenvalue weighted by Crippen LogP contribution is 2.25. The highest BCUT2D eigenvalue weighted by molar-refractivity contribution is 5.96. The largest absolute Gasteiger partial charge is 0.467 e. The number of hydrogen-bond donors (Lipinski definition) is 1. The van der Waals surface area contributed by atoms with Crippen molar-refractivity contribution in [1.29, 1.82) is 0 Å². The van der Waals surface area contributed by atoms with E-state index < -0.39 is 6.04 Å². The lowest BCUT2D eigenvalue weighted by molar-refractivity contribution is -0.126. The minimum Gasteiger partial charge on any atom is -0.467 e. The molecule has 7 heteroatoms. The molecule has 0 aliphatic heterocycles. The quantitative estimate of drug-likeness (QED) is 0.463. The molecule has 2 amide bonds. The normalized spacial score (nSPS) is 11.5. The van der Waals surface area contributed by atoms with Gasteiger partial charge in [-0.15, -0.1) is 0 Å². The zero-order chi connectivity index (χ0) is 22.2. The molecule has 4 rings (SSSR count). The van der Waals surface area contributed by atoms with Crippen LogP contribution in [0.25, 0.3) is 0 Å². The number of benzene rings is 1. The van der Waals surface area contributed by atoms with Gasteiger partial charge in [0, 0.05) is 25.1 Å². The fourth-order valence-electron chi connectivity index (χ4n) is 3.39. The van der Waals surface area contributed by atoms with Crippen LogP contribution in [0.5, 0.6) is 0 Å². The van der Waals surface area contributed by atoms with Crippen molar-refractivity contribution >= 4 is 11.8 Å². The topological polar surface area (TPSA) is 88.3 Å². The lowest BCUT2D eigenvalue weighted by Gasteiger charge is -2.30. The fraction of sp³-hybridized carbons (Fsp3) is 0.120. The molecule has 0 bridgehead atoms.